The highest BCUT2D eigenvalue weighted by molar-refractivity contribution is 9.10. The Hall–Kier alpha value is -2.94. The summed E-state index contributed by atoms with van der Waals surface area (Å²) in [5, 5.41) is 8.81. The molecule has 178 valence electrons. The van der Waals surface area contributed by atoms with Crippen LogP contribution in [-0.2, 0) is 17.9 Å². The Bertz CT molecular complexity index is 1260. The predicted octanol–water partition coefficient (Wildman–Crippen LogP) is 3.81. The maximum Gasteiger partial charge on any atom is 0.253 e. The van der Waals surface area contributed by atoms with Crippen molar-refractivity contribution in [3.8, 4) is 0 Å². The zero-order chi connectivity index (χ0) is 23.8. The van der Waals surface area contributed by atoms with E-state index >= 15 is 0 Å². The Labute approximate surface area is 207 Å². The van der Waals surface area contributed by atoms with E-state index in [2.05, 4.69) is 43.0 Å². The lowest BCUT2D eigenvalue weighted by molar-refractivity contribution is -0.131. The highest BCUT2D eigenvalue weighted by Gasteiger charge is 2.27. The molecule has 2 aromatic heterocycles. The van der Waals surface area contributed by atoms with Gasteiger partial charge in [-0.05, 0) is 64.9 Å². The Morgan fingerprint density at radius 3 is 2.74 bits per heavy atom. The van der Waals surface area contributed by atoms with E-state index in [-0.39, 0.29) is 11.8 Å². The summed E-state index contributed by atoms with van der Waals surface area (Å²) in [4.78, 5) is 29.1. The van der Waals surface area contributed by atoms with Crippen molar-refractivity contribution in [1.29, 1.82) is 0 Å². The van der Waals surface area contributed by atoms with E-state index in [9.17, 15) is 9.59 Å². The average Bonchev–Trinajstić information content (AvgIpc) is 3.34. The van der Waals surface area contributed by atoms with E-state index in [1.54, 1.807) is 36.1 Å². The fraction of sp³-hybridized carbons (Fsp3) is 0.440. The summed E-state index contributed by atoms with van der Waals surface area (Å²) in [6.45, 7) is 2.81. The van der Waals surface area contributed by atoms with Crippen molar-refractivity contribution < 1.29 is 9.59 Å². The van der Waals surface area contributed by atoms with Crippen molar-refractivity contribution in [2.45, 2.75) is 38.8 Å². The van der Waals surface area contributed by atoms with Gasteiger partial charge in [-0.15, -0.1) is 5.10 Å². The second kappa shape index (κ2) is 9.37. The molecule has 1 fully saturated rings. The van der Waals surface area contributed by atoms with Gasteiger partial charge in [0.2, 0.25) is 5.91 Å². The topological polar surface area (TPSA) is 76.3 Å². The summed E-state index contributed by atoms with van der Waals surface area (Å²) in [6.07, 6.45) is 9.40. The summed E-state index contributed by atoms with van der Waals surface area (Å²) in [5.74, 6) is 0.806. The van der Waals surface area contributed by atoms with Gasteiger partial charge in [0.1, 0.15) is 0 Å². The molecule has 0 unspecified atom stereocenters. The number of fused-ring (bicyclic) bond motifs is 1. The van der Waals surface area contributed by atoms with Crippen LogP contribution in [-0.4, -0.2) is 68.4 Å². The summed E-state index contributed by atoms with van der Waals surface area (Å²) in [7, 11) is 3.54. The Balaban J connectivity index is 1.44. The summed E-state index contributed by atoms with van der Waals surface area (Å²) >= 11 is 3.75. The van der Waals surface area contributed by atoms with Gasteiger partial charge in [0.25, 0.3) is 5.91 Å². The molecule has 34 heavy (non-hydrogen) atoms. The molecule has 1 saturated carbocycles. The van der Waals surface area contributed by atoms with Crippen LogP contribution in [0, 0.1) is 5.92 Å². The van der Waals surface area contributed by atoms with Crippen LogP contribution >= 0.6 is 15.9 Å². The summed E-state index contributed by atoms with van der Waals surface area (Å²) in [5.41, 5.74) is 4.10. The van der Waals surface area contributed by atoms with Gasteiger partial charge in [0, 0.05) is 67.5 Å². The molecule has 0 bridgehead atoms. The number of aryl methyl sites for hydroxylation is 1. The van der Waals surface area contributed by atoms with Crippen LogP contribution in [0.1, 0.15) is 41.7 Å². The Morgan fingerprint density at radius 2 is 2.03 bits per heavy atom. The molecule has 0 atom stereocenters. The number of hydrogen-bond acceptors (Lipinski definition) is 4. The smallest absolute Gasteiger partial charge is 0.253 e. The number of aromatic nitrogens is 4. The number of halogens is 1. The van der Waals surface area contributed by atoms with E-state index < -0.39 is 0 Å². The van der Waals surface area contributed by atoms with Crippen LogP contribution in [0.15, 0.2) is 41.1 Å². The lowest BCUT2D eigenvalue weighted by atomic mass is 10.1. The van der Waals surface area contributed by atoms with Crippen molar-refractivity contribution in [3.63, 3.8) is 0 Å². The molecule has 2 aliphatic rings. The van der Waals surface area contributed by atoms with Crippen LogP contribution in [0.2, 0.25) is 0 Å². The van der Waals surface area contributed by atoms with Gasteiger partial charge < -0.3 is 14.4 Å². The van der Waals surface area contributed by atoms with Crippen LogP contribution in [0.25, 0.3) is 16.5 Å². The zero-order valence-electron chi connectivity index (χ0n) is 19.6. The largest absolute Gasteiger partial charge is 0.345 e. The molecular formula is C25H29BrN6O2. The minimum Gasteiger partial charge on any atom is -0.345 e. The third-order valence-corrected chi connectivity index (χ3v) is 7.20. The Kier molecular flexibility index (Phi) is 6.29. The van der Waals surface area contributed by atoms with Crippen LogP contribution in [0.4, 0.5) is 0 Å². The minimum absolute atomic E-state index is 0.0138. The van der Waals surface area contributed by atoms with E-state index in [4.69, 9.17) is 0 Å². The number of carbonyl (C=O) groups is 2. The predicted molar refractivity (Wildman–Crippen MR) is 134 cm³/mol. The van der Waals surface area contributed by atoms with Crippen molar-refractivity contribution in [2.24, 2.45) is 5.92 Å². The second-order valence-electron chi connectivity index (χ2n) is 9.43. The molecule has 0 radical (unpaired) electrons. The molecule has 9 heteroatoms. The van der Waals surface area contributed by atoms with E-state index in [0.717, 1.165) is 40.6 Å². The standard InChI is InChI=1S/C25H29BrN6O2/c1-29(2)25(34)20-12-19-14-22(32(15-17-5-6-17)24(19)21(26)13-20)18-4-3-9-30(16-18)23(33)7-10-31-11-8-27-28-31/h4,8,11-14,17H,3,5-7,9-10,15-16H2,1-2H3. The quantitative estimate of drug-likeness (QED) is 0.470. The van der Waals surface area contributed by atoms with Crippen molar-refractivity contribution >= 4 is 44.2 Å². The number of carbonyl (C=O) groups excluding carboxylic acids is 2. The molecule has 3 heterocycles. The maximum absolute atomic E-state index is 12.9. The maximum atomic E-state index is 12.9. The zero-order valence-corrected chi connectivity index (χ0v) is 21.2. The molecule has 0 N–H and O–H groups in total. The third-order valence-electron chi connectivity index (χ3n) is 6.60. The Morgan fingerprint density at radius 1 is 1.21 bits per heavy atom. The lowest BCUT2D eigenvalue weighted by Gasteiger charge is -2.28. The van der Waals surface area contributed by atoms with E-state index in [1.807, 2.05) is 17.0 Å². The fourth-order valence-corrected chi connectivity index (χ4v) is 5.31. The van der Waals surface area contributed by atoms with Gasteiger partial charge >= 0.3 is 0 Å². The highest BCUT2D eigenvalue weighted by atomic mass is 79.9. The summed E-state index contributed by atoms with van der Waals surface area (Å²) in [6, 6.07) is 6.09. The van der Waals surface area contributed by atoms with Crippen molar-refractivity contribution in [1.82, 2.24) is 29.4 Å². The van der Waals surface area contributed by atoms with E-state index in [1.165, 1.54) is 18.4 Å². The molecule has 3 aromatic rings. The number of amides is 2. The molecule has 1 aliphatic heterocycles. The van der Waals surface area contributed by atoms with Gasteiger partial charge in [0.05, 0.1) is 18.3 Å². The third kappa shape index (κ3) is 4.66. The van der Waals surface area contributed by atoms with E-state index in [0.29, 0.717) is 31.0 Å². The molecule has 0 saturated heterocycles. The minimum atomic E-state index is -0.0138. The second-order valence-corrected chi connectivity index (χ2v) is 10.3. The molecule has 1 aliphatic carbocycles. The molecule has 5 rings (SSSR count). The van der Waals surface area contributed by atoms with Crippen molar-refractivity contribution in [2.75, 3.05) is 27.2 Å². The monoisotopic (exact) mass is 524 g/mol. The summed E-state index contributed by atoms with van der Waals surface area (Å²) < 4.78 is 5.01. The molecular weight excluding hydrogens is 496 g/mol. The number of rotatable bonds is 7. The molecule has 1 aromatic carbocycles. The van der Waals surface area contributed by atoms with Crippen LogP contribution in [0.3, 0.4) is 0 Å². The highest BCUT2D eigenvalue weighted by Crippen LogP contribution is 2.38. The lowest BCUT2D eigenvalue weighted by Crippen LogP contribution is -2.36. The fourth-order valence-electron chi connectivity index (χ4n) is 4.62. The SMILES string of the molecule is CN(C)C(=O)c1cc(Br)c2c(c1)cc(C1=CCCN(C(=O)CCn3ccnn3)C1)n2CC1CC1. The number of nitrogens with zero attached hydrogens (tertiary/aromatic N) is 6. The first kappa shape index (κ1) is 22.8. The normalized spacial score (nSPS) is 16.1. The molecule has 8 nitrogen and oxygen atoms in total. The van der Waals surface area contributed by atoms with Gasteiger partial charge in [-0.3, -0.25) is 14.3 Å². The van der Waals surface area contributed by atoms with Gasteiger partial charge in [-0.25, -0.2) is 0 Å². The van der Waals surface area contributed by atoms with Gasteiger partial charge in [-0.1, -0.05) is 11.3 Å². The first-order chi connectivity index (χ1) is 16.4. The average molecular weight is 525 g/mol. The first-order valence-corrected chi connectivity index (χ1v) is 12.6. The van der Waals surface area contributed by atoms with Gasteiger partial charge in [0.15, 0.2) is 0 Å². The van der Waals surface area contributed by atoms with Gasteiger partial charge in [-0.2, -0.15) is 0 Å². The number of hydrogen-bond donors (Lipinski definition) is 0. The molecule has 0 spiro atoms. The molecule has 2 amide bonds. The van der Waals surface area contributed by atoms with Crippen LogP contribution in [0.5, 0.6) is 0 Å². The number of benzene rings is 1. The van der Waals surface area contributed by atoms with Crippen molar-refractivity contribution in [3.05, 3.63) is 52.4 Å². The first-order valence-electron chi connectivity index (χ1n) is 11.8. The van der Waals surface area contributed by atoms with Crippen LogP contribution < -0.4 is 0 Å².